The average Bonchev–Trinajstić information content (AvgIpc) is 2.80. The zero-order valence-electron chi connectivity index (χ0n) is 11.2. The van der Waals surface area contributed by atoms with Crippen LogP contribution in [-0.2, 0) is 6.42 Å². The van der Waals surface area contributed by atoms with E-state index in [9.17, 15) is 4.79 Å². The predicted molar refractivity (Wildman–Crippen MR) is 74.6 cm³/mol. The molecule has 0 aliphatic carbocycles. The quantitative estimate of drug-likeness (QED) is 0.806. The van der Waals surface area contributed by atoms with E-state index in [0.717, 1.165) is 5.56 Å². The second-order valence-electron chi connectivity index (χ2n) is 4.75. The molecule has 0 aliphatic heterocycles. The van der Waals surface area contributed by atoms with Gasteiger partial charge in [-0.15, -0.1) is 0 Å². The van der Waals surface area contributed by atoms with Gasteiger partial charge in [-0.2, -0.15) is 5.10 Å². The third-order valence-corrected chi connectivity index (χ3v) is 3.45. The molecule has 19 heavy (non-hydrogen) atoms. The summed E-state index contributed by atoms with van der Waals surface area (Å²) in [6.45, 7) is 5.89. The Kier molecular flexibility index (Phi) is 4.00. The van der Waals surface area contributed by atoms with Gasteiger partial charge in [-0.1, -0.05) is 23.7 Å². The van der Waals surface area contributed by atoms with Crippen LogP contribution in [0, 0.1) is 6.92 Å². The smallest absolute Gasteiger partial charge is 0.171 e. The lowest BCUT2D eigenvalue weighted by atomic mass is 10.1. The van der Waals surface area contributed by atoms with Gasteiger partial charge < -0.3 is 0 Å². The maximum atomic E-state index is 12.3. The number of carbonyl (C=O) groups is 1. The summed E-state index contributed by atoms with van der Waals surface area (Å²) < 4.78 is 1.75. The standard InChI is InChI=1S/C14H16ClN3O/c1-9(2)18-13(16-8-17-18)7-12(19)11-6-4-5-10(3)14(11)15/h4-6,8-9H,7H2,1-3H3. The molecule has 0 saturated carbocycles. The summed E-state index contributed by atoms with van der Waals surface area (Å²) in [7, 11) is 0. The number of aryl methyl sites for hydroxylation is 1. The van der Waals surface area contributed by atoms with Crippen LogP contribution >= 0.6 is 11.6 Å². The Bertz CT molecular complexity index is 604. The first-order chi connectivity index (χ1) is 9.00. The molecule has 0 fully saturated rings. The van der Waals surface area contributed by atoms with E-state index in [1.165, 1.54) is 6.33 Å². The molecule has 0 aliphatic rings. The van der Waals surface area contributed by atoms with E-state index in [4.69, 9.17) is 11.6 Å². The Morgan fingerprint density at radius 3 is 2.84 bits per heavy atom. The van der Waals surface area contributed by atoms with Gasteiger partial charge in [0.15, 0.2) is 5.78 Å². The summed E-state index contributed by atoms with van der Waals surface area (Å²) in [6.07, 6.45) is 1.68. The average molecular weight is 278 g/mol. The van der Waals surface area contributed by atoms with Gasteiger partial charge in [-0.3, -0.25) is 4.79 Å². The van der Waals surface area contributed by atoms with Crippen molar-refractivity contribution in [3.05, 3.63) is 46.5 Å². The van der Waals surface area contributed by atoms with Crippen molar-refractivity contribution in [2.75, 3.05) is 0 Å². The number of benzene rings is 1. The molecular weight excluding hydrogens is 262 g/mol. The molecule has 2 rings (SSSR count). The molecule has 0 bridgehead atoms. The summed E-state index contributed by atoms with van der Waals surface area (Å²) >= 11 is 6.17. The molecule has 100 valence electrons. The third-order valence-electron chi connectivity index (χ3n) is 2.95. The van der Waals surface area contributed by atoms with Crippen molar-refractivity contribution in [2.45, 2.75) is 33.2 Å². The molecule has 0 N–H and O–H groups in total. The molecule has 1 aromatic carbocycles. The number of carbonyl (C=O) groups excluding carboxylic acids is 1. The van der Waals surface area contributed by atoms with E-state index in [0.29, 0.717) is 16.4 Å². The first-order valence-electron chi connectivity index (χ1n) is 6.17. The van der Waals surface area contributed by atoms with E-state index >= 15 is 0 Å². The molecule has 0 amide bonds. The number of ketones is 1. The lowest BCUT2D eigenvalue weighted by Gasteiger charge is -2.09. The summed E-state index contributed by atoms with van der Waals surface area (Å²) in [5.41, 5.74) is 1.44. The summed E-state index contributed by atoms with van der Waals surface area (Å²) in [6, 6.07) is 5.64. The molecule has 0 unspecified atom stereocenters. The zero-order valence-corrected chi connectivity index (χ0v) is 12.0. The number of hydrogen-bond donors (Lipinski definition) is 0. The fraction of sp³-hybridized carbons (Fsp3) is 0.357. The Balaban J connectivity index is 2.26. The molecule has 2 aromatic rings. The highest BCUT2D eigenvalue weighted by Gasteiger charge is 2.16. The lowest BCUT2D eigenvalue weighted by Crippen LogP contribution is -2.13. The van der Waals surface area contributed by atoms with Crippen LogP contribution < -0.4 is 0 Å². The van der Waals surface area contributed by atoms with E-state index in [1.807, 2.05) is 32.9 Å². The fourth-order valence-electron chi connectivity index (χ4n) is 1.93. The maximum Gasteiger partial charge on any atom is 0.171 e. The molecule has 0 radical (unpaired) electrons. The number of rotatable bonds is 4. The van der Waals surface area contributed by atoms with Gasteiger partial charge in [0, 0.05) is 11.6 Å². The van der Waals surface area contributed by atoms with Gasteiger partial charge in [-0.05, 0) is 32.4 Å². The van der Waals surface area contributed by atoms with Crippen LogP contribution in [0.5, 0.6) is 0 Å². The lowest BCUT2D eigenvalue weighted by molar-refractivity contribution is 0.0989. The zero-order chi connectivity index (χ0) is 14.0. The molecule has 1 heterocycles. The summed E-state index contributed by atoms with van der Waals surface area (Å²) in [5, 5.41) is 4.64. The molecule has 0 atom stereocenters. The molecule has 0 saturated heterocycles. The van der Waals surface area contributed by atoms with Crippen LogP contribution in [0.25, 0.3) is 0 Å². The minimum Gasteiger partial charge on any atom is -0.294 e. The fourth-order valence-corrected chi connectivity index (χ4v) is 2.16. The summed E-state index contributed by atoms with van der Waals surface area (Å²) in [4.78, 5) is 16.4. The van der Waals surface area contributed by atoms with Crippen molar-refractivity contribution in [1.82, 2.24) is 14.8 Å². The third kappa shape index (κ3) is 2.84. The number of hydrogen-bond acceptors (Lipinski definition) is 3. The van der Waals surface area contributed by atoms with Gasteiger partial charge in [0.1, 0.15) is 12.2 Å². The monoisotopic (exact) mass is 277 g/mol. The number of Topliss-reactive ketones (excluding diaryl/α,β-unsaturated/α-hetero) is 1. The largest absolute Gasteiger partial charge is 0.294 e. The van der Waals surface area contributed by atoms with Crippen molar-refractivity contribution < 1.29 is 4.79 Å². The van der Waals surface area contributed by atoms with Crippen LogP contribution in [0.15, 0.2) is 24.5 Å². The van der Waals surface area contributed by atoms with Crippen LogP contribution in [0.2, 0.25) is 5.02 Å². The Morgan fingerprint density at radius 1 is 1.42 bits per heavy atom. The Morgan fingerprint density at radius 2 is 2.16 bits per heavy atom. The second kappa shape index (κ2) is 5.53. The van der Waals surface area contributed by atoms with Crippen molar-refractivity contribution in [1.29, 1.82) is 0 Å². The van der Waals surface area contributed by atoms with Crippen molar-refractivity contribution in [3.8, 4) is 0 Å². The van der Waals surface area contributed by atoms with Gasteiger partial charge in [-0.25, -0.2) is 9.67 Å². The summed E-state index contributed by atoms with van der Waals surface area (Å²) in [5.74, 6) is 0.626. The van der Waals surface area contributed by atoms with Gasteiger partial charge >= 0.3 is 0 Å². The highest BCUT2D eigenvalue weighted by Crippen LogP contribution is 2.22. The Labute approximate surface area is 117 Å². The second-order valence-corrected chi connectivity index (χ2v) is 5.13. The SMILES string of the molecule is Cc1cccc(C(=O)Cc2ncnn2C(C)C)c1Cl. The first kappa shape index (κ1) is 13.7. The molecule has 5 heteroatoms. The highest BCUT2D eigenvalue weighted by atomic mass is 35.5. The number of halogens is 1. The first-order valence-corrected chi connectivity index (χ1v) is 6.55. The minimum absolute atomic E-state index is 0.0383. The van der Waals surface area contributed by atoms with Crippen LogP contribution in [0.1, 0.15) is 41.6 Å². The van der Waals surface area contributed by atoms with Gasteiger partial charge in [0.05, 0.1) is 11.4 Å². The van der Waals surface area contributed by atoms with Crippen molar-refractivity contribution in [3.63, 3.8) is 0 Å². The van der Waals surface area contributed by atoms with Gasteiger partial charge in [0.2, 0.25) is 0 Å². The van der Waals surface area contributed by atoms with Gasteiger partial charge in [0.25, 0.3) is 0 Å². The molecular formula is C14H16ClN3O. The predicted octanol–water partition coefficient (Wildman–Crippen LogP) is 3.25. The van der Waals surface area contributed by atoms with Crippen LogP contribution in [0.3, 0.4) is 0 Å². The number of nitrogens with zero attached hydrogens (tertiary/aromatic N) is 3. The topological polar surface area (TPSA) is 47.8 Å². The van der Waals surface area contributed by atoms with E-state index in [1.54, 1.807) is 10.7 Å². The maximum absolute atomic E-state index is 12.3. The highest BCUT2D eigenvalue weighted by molar-refractivity contribution is 6.34. The molecule has 0 spiro atoms. The number of aromatic nitrogens is 3. The van der Waals surface area contributed by atoms with Crippen LogP contribution in [0.4, 0.5) is 0 Å². The normalized spacial score (nSPS) is 11.0. The van der Waals surface area contributed by atoms with Crippen molar-refractivity contribution in [2.24, 2.45) is 0 Å². The van der Waals surface area contributed by atoms with Crippen molar-refractivity contribution >= 4 is 17.4 Å². The Hall–Kier alpha value is -1.68. The molecule has 4 nitrogen and oxygen atoms in total. The minimum atomic E-state index is -0.0383. The van der Waals surface area contributed by atoms with E-state index in [2.05, 4.69) is 10.1 Å². The van der Waals surface area contributed by atoms with Crippen LogP contribution in [-0.4, -0.2) is 20.5 Å². The van der Waals surface area contributed by atoms with E-state index in [-0.39, 0.29) is 18.2 Å². The molecule has 1 aromatic heterocycles. The van der Waals surface area contributed by atoms with E-state index < -0.39 is 0 Å².